The maximum Gasteiger partial charge on any atom is 0.139 e. The van der Waals surface area contributed by atoms with E-state index in [1.54, 1.807) is 24.3 Å². The monoisotopic (exact) mass is 224 g/mol. The van der Waals surface area contributed by atoms with E-state index in [2.05, 4.69) is 5.92 Å². The smallest absolute Gasteiger partial charge is 0.139 e. The van der Waals surface area contributed by atoms with Crippen LogP contribution in [0.1, 0.15) is 11.7 Å². The lowest BCUT2D eigenvalue weighted by Crippen LogP contribution is -1.92. The predicted molar refractivity (Wildman–Crippen MR) is 66.8 cm³/mol. The van der Waals surface area contributed by atoms with Crippen molar-refractivity contribution in [3.8, 4) is 23.8 Å². The molecule has 1 unspecified atom stereocenters. The van der Waals surface area contributed by atoms with E-state index in [4.69, 9.17) is 11.2 Å². The van der Waals surface area contributed by atoms with Crippen molar-refractivity contribution in [3.05, 3.63) is 60.2 Å². The Balaban J connectivity index is 2.12. The first-order valence-electron chi connectivity index (χ1n) is 5.26. The van der Waals surface area contributed by atoms with Gasteiger partial charge in [0.1, 0.15) is 17.6 Å². The van der Waals surface area contributed by atoms with Crippen LogP contribution >= 0.6 is 0 Å². The third kappa shape index (κ3) is 2.87. The Bertz CT molecular complexity index is 509. The van der Waals surface area contributed by atoms with Crippen LogP contribution in [-0.2, 0) is 0 Å². The topological polar surface area (TPSA) is 29.5 Å². The fraction of sp³-hybridized carbons (Fsp3) is 0.0667. The van der Waals surface area contributed by atoms with Gasteiger partial charge in [-0.1, -0.05) is 36.3 Å². The summed E-state index contributed by atoms with van der Waals surface area (Å²) in [5.74, 6) is 3.75. The molecule has 0 aliphatic carbocycles. The lowest BCUT2D eigenvalue weighted by atomic mass is 10.1. The van der Waals surface area contributed by atoms with Gasteiger partial charge in [0.2, 0.25) is 0 Å². The van der Waals surface area contributed by atoms with Gasteiger partial charge in [-0.15, -0.1) is 6.42 Å². The molecule has 84 valence electrons. The second-order valence-corrected chi connectivity index (χ2v) is 3.55. The average Bonchev–Trinajstić information content (AvgIpc) is 2.40. The summed E-state index contributed by atoms with van der Waals surface area (Å²) in [6.07, 6.45) is 4.27. The molecule has 0 heterocycles. The molecule has 2 rings (SSSR count). The Kier molecular flexibility index (Phi) is 3.44. The van der Waals surface area contributed by atoms with Crippen LogP contribution in [0.3, 0.4) is 0 Å². The van der Waals surface area contributed by atoms with Gasteiger partial charge >= 0.3 is 0 Å². The van der Waals surface area contributed by atoms with Crippen molar-refractivity contribution in [3.63, 3.8) is 0 Å². The third-order valence-electron chi connectivity index (χ3n) is 2.33. The Morgan fingerprint density at radius 3 is 2.12 bits per heavy atom. The molecule has 2 aromatic rings. The molecule has 0 saturated carbocycles. The Hall–Kier alpha value is -2.24. The Morgan fingerprint density at radius 1 is 0.941 bits per heavy atom. The Labute approximate surface area is 100 Å². The molecule has 0 aromatic heterocycles. The van der Waals surface area contributed by atoms with E-state index in [-0.39, 0.29) is 0 Å². The molecule has 0 amide bonds. The lowest BCUT2D eigenvalue weighted by molar-refractivity contribution is 0.238. The van der Waals surface area contributed by atoms with Crippen LogP contribution in [0.15, 0.2) is 54.6 Å². The minimum Gasteiger partial charge on any atom is -0.457 e. The van der Waals surface area contributed by atoms with Crippen LogP contribution in [0.4, 0.5) is 0 Å². The van der Waals surface area contributed by atoms with Crippen molar-refractivity contribution in [1.29, 1.82) is 0 Å². The van der Waals surface area contributed by atoms with E-state index in [9.17, 15) is 5.11 Å². The quantitative estimate of drug-likeness (QED) is 0.811. The largest absolute Gasteiger partial charge is 0.457 e. The van der Waals surface area contributed by atoms with Crippen molar-refractivity contribution in [2.75, 3.05) is 0 Å². The van der Waals surface area contributed by atoms with Crippen LogP contribution in [0.25, 0.3) is 0 Å². The number of terminal acetylenes is 1. The van der Waals surface area contributed by atoms with Gasteiger partial charge in [0.15, 0.2) is 0 Å². The fourth-order valence-electron chi connectivity index (χ4n) is 1.44. The highest BCUT2D eigenvalue weighted by Crippen LogP contribution is 2.22. The molecule has 2 heteroatoms. The van der Waals surface area contributed by atoms with Crippen molar-refractivity contribution >= 4 is 0 Å². The first kappa shape index (κ1) is 11.3. The number of hydrogen-bond donors (Lipinski definition) is 1. The highest BCUT2D eigenvalue weighted by Gasteiger charge is 2.03. The highest BCUT2D eigenvalue weighted by atomic mass is 16.5. The zero-order chi connectivity index (χ0) is 12.1. The number of rotatable bonds is 3. The number of ether oxygens (including phenoxy) is 1. The molecular weight excluding hydrogens is 212 g/mol. The number of hydrogen-bond acceptors (Lipinski definition) is 2. The van der Waals surface area contributed by atoms with Crippen LogP contribution in [0, 0.1) is 12.3 Å². The zero-order valence-corrected chi connectivity index (χ0v) is 9.21. The summed E-state index contributed by atoms with van der Waals surface area (Å²) in [7, 11) is 0. The summed E-state index contributed by atoms with van der Waals surface area (Å²) in [4.78, 5) is 0. The van der Waals surface area contributed by atoms with Crippen LogP contribution < -0.4 is 4.74 Å². The summed E-state index contributed by atoms with van der Waals surface area (Å²) >= 11 is 0. The van der Waals surface area contributed by atoms with Gasteiger partial charge in [0, 0.05) is 0 Å². The fourth-order valence-corrected chi connectivity index (χ4v) is 1.44. The maximum absolute atomic E-state index is 9.43. The summed E-state index contributed by atoms with van der Waals surface area (Å²) in [5, 5.41) is 9.43. The zero-order valence-electron chi connectivity index (χ0n) is 9.21. The first-order chi connectivity index (χ1) is 8.29. The van der Waals surface area contributed by atoms with Gasteiger partial charge in [0.25, 0.3) is 0 Å². The van der Waals surface area contributed by atoms with Gasteiger partial charge in [-0.2, -0.15) is 0 Å². The number of benzene rings is 2. The van der Waals surface area contributed by atoms with E-state index in [1.165, 1.54) is 0 Å². The number of para-hydroxylation sites is 1. The van der Waals surface area contributed by atoms with E-state index < -0.39 is 6.10 Å². The maximum atomic E-state index is 9.43. The van der Waals surface area contributed by atoms with Gasteiger partial charge in [0.05, 0.1) is 0 Å². The number of aliphatic hydroxyl groups excluding tert-OH is 1. The summed E-state index contributed by atoms with van der Waals surface area (Å²) in [6, 6.07) is 16.6. The van der Waals surface area contributed by atoms with Crippen molar-refractivity contribution in [1.82, 2.24) is 0 Å². The van der Waals surface area contributed by atoms with Gasteiger partial charge in [-0.3, -0.25) is 0 Å². The van der Waals surface area contributed by atoms with Crippen LogP contribution in [-0.4, -0.2) is 5.11 Å². The minimum atomic E-state index is -0.860. The molecular formula is C15H12O2. The standard InChI is InChI=1S/C15H12O2/c1-2-15(16)12-8-10-14(11-9-12)17-13-6-4-3-5-7-13/h1,3-11,15-16H. The minimum absolute atomic E-state index is 0.688. The van der Waals surface area contributed by atoms with Crippen molar-refractivity contribution in [2.24, 2.45) is 0 Å². The molecule has 2 nitrogen and oxygen atoms in total. The average molecular weight is 224 g/mol. The SMILES string of the molecule is C#CC(O)c1ccc(Oc2ccccc2)cc1. The molecule has 0 fully saturated rings. The first-order valence-corrected chi connectivity index (χ1v) is 5.26. The second kappa shape index (κ2) is 5.20. The molecule has 2 aromatic carbocycles. The summed E-state index contributed by atoms with van der Waals surface area (Å²) in [5.41, 5.74) is 0.688. The van der Waals surface area contributed by atoms with Gasteiger partial charge < -0.3 is 9.84 Å². The van der Waals surface area contributed by atoms with Gasteiger partial charge in [-0.25, -0.2) is 0 Å². The molecule has 0 radical (unpaired) electrons. The van der Waals surface area contributed by atoms with Gasteiger partial charge in [-0.05, 0) is 29.8 Å². The summed E-state index contributed by atoms with van der Waals surface area (Å²) < 4.78 is 5.61. The van der Waals surface area contributed by atoms with E-state index in [1.807, 2.05) is 30.3 Å². The molecule has 1 N–H and O–H groups in total. The molecule has 0 aliphatic rings. The van der Waals surface area contributed by atoms with Crippen LogP contribution in [0.5, 0.6) is 11.5 Å². The molecule has 0 bridgehead atoms. The predicted octanol–water partition coefficient (Wildman–Crippen LogP) is 3.15. The van der Waals surface area contributed by atoms with E-state index in [0.717, 1.165) is 5.75 Å². The molecule has 1 atom stereocenters. The molecule has 0 spiro atoms. The Morgan fingerprint density at radius 2 is 1.53 bits per heavy atom. The second-order valence-electron chi connectivity index (χ2n) is 3.55. The van der Waals surface area contributed by atoms with Crippen molar-refractivity contribution < 1.29 is 9.84 Å². The van der Waals surface area contributed by atoms with E-state index >= 15 is 0 Å². The van der Waals surface area contributed by atoms with E-state index in [0.29, 0.717) is 11.3 Å². The lowest BCUT2D eigenvalue weighted by Gasteiger charge is -2.07. The normalized spacial score (nSPS) is 11.5. The third-order valence-corrected chi connectivity index (χ3v) is 2.33. The number of aliphatic hydroxyl groups is 1. The van der Waals surface area contributed by atoms with Crippen molar-refractivity contribution in [2.45, 2.75) is 6.10 Å². The molecule has 0 saturated heterocycles. The molecule has 0 aliphatic heterocycles. The molecule has 17 heavy (non-hydrogen) atoms. The van der Waals surface area contributed by atoms with Crippen LogP contribution in [0.2, 0.25) is 0 Å². The summed E-state index contributed by atoms with van der Waals surface area (Å²) in [6.45, 7) is 0. The highest BCUT2D eigenvalue weighted by molar-refractivity contribution is 5.34.